The van der Waals surface area contributed by atoms with Crippen molar-refractivity contribution in [2.75, 3.05) is 9.80 Å². The van der Waals surface area contributed by atoms with Crippen molar-refractivity contribution in [3.8, 4) is 22.3 Å². The topological polar surface area (TPSA) is 6.48 Å². The second-order valence-corrected chi connectivity index (χ2v) is 32.2. The third-order valence-electron chi connectivity index (χ3n) is 19.1. The number of fused-ring (bicyclic) bond motifs is 10. The van der Waals surface area contributed by atoms with E-state index in [-0.39, 0.29) is 6.71 Å². The van der Waals surface area contributed by atoms with Gasteiger partial charge in [-0.15, -0.1) is 0 Å². The van der Waals surface area contributed by atoms with Crippen LogP contribution in [0.3, 0.4) is 0 Å². The van der Waals surface area contributed by atoms with Crippen LogP contribution in [-0.2, 0) is 0 Å². The molecule has 0 aromatic heterocycles. The van der Waals surface area contributed by atoms with E-state index in [1.807, 2.05) is 0 Å². The normalized spacial score (nSPS) is 14.5. The van der Waals surface area contributed by atoms with Crippen LogP contribution >= 0.6 is 0 Å². The van der Waals surface area contributed by atoms with Crippen LogP contribution in [0.25, 0.3) is 22.3 Å². The summed E-state index contributed by atoms with van der Waals surface area (Å²) in [5, 5.41) is 11.5. The molecule has 0 aliphatic carbocycles. The van der Waals surface area contributed by atoms with Gasteiger partial charge >= 0.3 is 0 Å². The fourth-order valence-corrected chi connectivity index (χ4v) is 25.4. The predicted octanol–water partition coefficient (Wildman–Crippen LogP) is 12.3. The molecule has 0 spiro atoms. The number of benzene rings is 11. The Morgan fingerprint density at radius 1 is 0.305 bits per heavy atom. The molecule has 4 aliphatic rings. The maximum absolute atomic E-state index is 2.86. The van der Waals surface area contributed by atoms with Gasteiger partial charge in [-0.1, -0.05) is 232 Å². The summed E-state index contributed by atoms with van der Waals surface area (Å²) in [6, 6.07) is 91.7. The van der Waals surface area contributed by atoms with Gasteiger partial charge in [0.1, 0.15) is 0 Å². The van der Waals surface area contributed by atoms with Crippen molar-refractivity contribution in [1.82, 2.24) is 0 Å². The summed E-state index contributed by atoms with van der Waals surface area (Å²) in [6.45, 7) is 20.6. The molecule has 5 heteroatoms. The zero-order chi connectivity index (χ0) is 55.9. The Morgan fingerprint density at radius 3 is 1.00 bits per heavy atom. The van der Waals surface area contributed by atoms with E-state index in [4.69, 9.17) is 0 Å². The number of nitrogens with zero attached hydrogens (tertiary/aromatic N) is 2. The van der Waals surface area contributed by atoms with Crippen molar-refractivity contribution >= 4 is 115 Å². The average molecular weight is 1090 g/mol. The van der Waals surface area contributed by atoms with Crippen molar-refractivity contribution in [3.05, 3.63) is 269 Å². The number of aryl methyl sites for hydroxylation is 5. The highest BCUT2D eigenvalue weighted by Crippen LogP contribution is 2.47. The summed E-state index contributed by atoms with van der Waals surface area (Å²) in [5.41, 5.74) is 26.0. The first-order chi connectivity index (χ1) is 39.8. The zero-order valence-electron chi connectivity index (χ0n) is 48.6. The SMILES string of the molecule is Cc1ccc([Si]2(c3ccc(C)cc3)c3ccccc3-c3ccc(N4c5ccc(C(C)C)cc5B5c6cc(C(C)C)ccc6N(c6ccc7c(c6)[Si](c6ccc(C)cc6)(c6ccc(C)cc6)c6ccccc6-7)c6cc(C)cc4c65)cc32)cc1. The maximum atomic E-state index is 2.66. The van der Waals surface area contributed by atoms with Crippen LogP contribution in [0, 0.1) is 34.6 Å². The molecule has 15 rings (SSSR count). The standard InChI is InChI=1S/C77H67BN2Si2/c1-48(2)55-26-40-69-67(44-55)78-68-45-56(49(3)4)27-41-70(68)80(58-29-39-66-64-15-11-13-17-74(64)82(76(66)47-58,61-34-22-52(7)23-35-61)62-36-24-53(8)25-37-62)72-43-54(9)42-71(77(72)78)79(69)57-28-38-65-63-14-10-12-16-73(63)81(75(65)46-57,59-30-18-50(5)19-31-59)60-32-20-51(6)21-33-60/h10-49H,1-9H3. The Labute approximate surface area is 487 Å². The van der Waals surface area contributed by atoms with E-state index in [0.717, 1.165) is 0 Å². The molecule has 0 radical (unpaired) electrons. The van der Waals surface area contributed by atoms with Gasteiger partial charge in [0.15, 0.2) is 16.1 Å². The number of anilines is 6. The molecule has 11 aromatic rings. The van der Waals surface area contributed by atoms with E-state index in [9.17, 15) is 0 Å². The summed E-state index contributed by atoms with van der Waals surface area (Å²) in [7, 11) is -5.71. The second kappa shape index (κ2) is 18.8. The minimum Gasteiger partial charge on any atom is -0.311 e. The lowest BCUT2D eigenvalue weighted by atomic mass is 9.33. The molecule has 0 atom stereocenters. The molecule has 0 amide bonds. The van der Waals surface area contributed by atoms with Gasteiger partial charge in [-0.3, -0.25) is 0 Å². The highest BCUT2D eigenvalue weighted by molar-refractivity contribution is 7.23. The van der Waals surface area contributed by atoms with Crippen molar-refractivity contribution in [2.24, 2.45) is 0 Å². The monoisotopic (exact) mass is 1090 g/mol. The highest BCUT2D eigenvalue weighted by Gasteiger charge is 2.52. The summed E-state index contributed by atoms with van der Waals surface area (Å²) in [4.78, 5) is 5.33. The largest absolute Gasteiger partial charge is 0.311 e. The fraction of sp³-hybridized carbons (Fsp3) is 0.143. The predicted molar refractivity (Wildman–Crippen MR) is 358 cm³/mol. The van der Waals surface area contributed by atoms with E-state index in [0.29, 0.717) is 11.8 Å². The smallest absolute Gasteiger partial charge is 0.252 e. The van der Waals surface area contributed by atoms with Crippen LogP contribution in [0.4, 0.5) is 34.1 Å². The van der Waals surface area contributed by atoms with E-state index >= 15 is 0 Å². The van der Waals surface area contributed by atoms with Crippen LogP contribution in [0.15, 0.2) is 231 Å². The Kier molecular flexibility index (Phi) is 11.6. The number of rotatable bonds is 8. The summed E-state index contributed by atoms with van der Waals surface area (Å²) < 4.78 is 0. The Balaban J connectivity index is 1.01. The summed E-state index contributed by atoms with van der Waals surface area (Å²) in [5.74, 6) is 0.714. The lowest BCUT2D eigenvalue weighted by Crippen LogP contribution is -2.72. The van der Waals surface area contributed by atoms with Crippen LogP contribution in [0.5, 0.6) is 0 Å². The van der Waals surface area contributed by atoms with E-state index in [1.165, 1.54) is 153 Å². The molecule has 396 valence electrons. The number of hydrogen-bond acceptors (Lipinski definition) is 2. The van der Waals surface area contributed by atoms with Gasteiger partial charge in [-0.2, -0.15) is 0 Å². The first-order valence-corrected chi connectivity index (χ1v) is 33.6. The van der Waals surface area contributed by atoms with Gasteiger partial charge in [0.05, 0.1) is 0 Å². The molecule has 4 heterocycles. The Bertz CT molecular complexity index is 4030. The first kappa shape index (κ1) is 50.5. The molecule has 0 unspecified atom stereocenters. The van der Waals surface area contributed by atoms with Crippen LogP contribution < -0.4 is 67.7 Å². The zero-order valence-corrected chi connectivity index (χ0v) is 50.6. The molecular formula is C77H67BN2Si2. The van der Waals surface area contributed by atoms with Crippen molar-refractivity contribution in [1.29, 1.82) is 0 Å². The van der Waals surface area contributed by atoms with Gasteiger partial charge in [-0.05, 0) is 192 Å². The van der Waals surface area contributed by atoms with Gasteiger partial charge in [0.25, 0.3) is 6.71 Å². The molecule has 0 saturated carbocycles. The van der Waals surface area contributed by atoms with Crippen LogP contribution in [0.1, 0.15) is 78.5 Å². The van der Waals surface area contributed by atoms with Gasteiger partial charge < -0.3 is 9.80 Å². The summed E-state index contributed by atoms with van der Waals surface area (Å²) >= 11 is 0. The molecule has 0 fully saturated rings. The molecule has 0 saturated heterocycles. The molecule has 2 nitrogen and oxygen atoms in total. The molecule has 0 N–H and O–H groups in total. The lowest BCUT2D eigenvalue weighted by molar-refractivity contribution is 0.867. The van der Waals surface area contributed by atoms with E-state index < -0.39 is 16.1 Å². The third-order valence-corrected chi connectivity index (χ3v) is 28.8. The minimum atomic E-state index is -2.86. The van der Waals surface area contributed by atoms with Gasteiger partial charge in [-0.25, -0.2) is 0 Å². The Morgan fingerprint density at radius 2 is 0.646 bits per heavy atom. The maximum Gasteiger partial charge on any atom is 0.252 e. The third kappa shape index (κ3) is 7.25. The number of hydrogen-bond donors (Lipinski definition) is 0. The molecule has 0 bridgehead atoms. The minimum absolute atomic E-state index is 0.0000268. The molecule has 11 aromatic carbocycles. The molecule has 4 aliphatic heterocycles. The molecular weight excluding hydrogens is 1020 g/mol. The highest BCUT2D eigenvalue weighted by atomic mass is 28.3. The first-order valence-electron chi connectivity index (χ1n) is 29.6. The van der Waals surface area contributed by atoms with Gasteiger partial charge in [0.2, 0.25) is 0 Å². The van der Waals surface area contributed by atoms with Crippen molar-refractivity contribution in [3.63, 3.8) is 0 Å². The van der Waals surface area contributed by atoms with E-state index in [2.05, 4.69) is 303 Å². The molecule has 82 heavy (non-hydrogen) atoms. The Hall–Kier alpha value is -8.48. The van der Waals surface area contributed by atoms with Crippen LogP contribution in [-0.4, -0.2) is 22.9 Å². The average Bonchev–Trinajstić information content (AvgIpc) is 1.71. The van der Waals surface area contributed by atoms with Crippen molar-refractivity contribution < 1.29 is 0 Å². The van der Waals surface area contributed by atoms with E-state index in [1.54, 1.807) is 0 Å². The van der Waals surface area contributed by atoms with Gasteiger partial charge in [0, 0.05) is 34.1 Å². The lowest BCUT2D eigenvalue weighted by Gasteiger charge is -2.45. The van der Waals surface area contributed by atoms with Crippen molar-refractivity contribution in [2.45, 2.75) is 74.1 Å². The quantitative estimate of drug-likeness (QED) is 0.140. The second-order valence-electron chi connectivity index (χ2n) is 24.8. The summed E-state index contributed by atoms with van der Waals surface area (Å²) in [6.07, 6.45) is 0. The fourth-order valence-electron chi connectivity index (χ4n) is 15.1. The van der Waals surface area contributed by atoms with Crippen LogP contribution in [0.2, 0.25) is 0 Å².